The topological polar surface area (TPSA) is 183 Å². The summed E-state index contributed by atoms with van der Waals surface area (Å²) in [6.45, 7) is 0. The Balaban J connectivity index is 0.000000162. The van der Waals surface area contributed by atoms with Crippen LogP contribution in [0, 0.1) is 10.1 Å². The number of aromatic amines is 2. The SMILES string of the molecule is Nn1ncnn1.O=[N+]([O-])[N-]c1nn[nH][nH+]1. The molecule has 0 aliphatic heterocycles. The van der Waals surface area contributed by atoms with Gasteiger partial charge in [0.05, 0.1) is 0 Å². The van der Waals surface area contributed by atoms with Gasteiger partial charge in [-0.25, -0.2) is 15.2 Å². The number of nitrogens with one attached hydrogen (secondary N) is 2. The molecule has 0 spiro atoms. The number of hydrogen-bond donors (Lipinski definition) is 2. The first-order valence-corrected chi connectivity index (χ1v) is 3.31. The zero-order valence-corrected chi connectivity index (χ0v) is 7.05. The maximum Gasteiger partial charge on any atom is 0.334 e. The first kappa shape index (κ1) is 10.2. The molecule has 0 aliphatic carbocycles. The zero-order chi connectivity index (χ0) is 11.1. The van der Waals surface area contributed by atoms with Crippen molar-refractivity contribution in [3.05, 3.63) is 21.9 Å². The highest BCUT2D eigenvalue weighted by molar-refractivity contribution is 5.12. The molecule has 0 aromatic carbocycles. The molecule has 0 aliphatic rings. The summed E-state index contributed by atoms with van der Waals surface area (Å²) < 4.78 is 0. The molecule has 0 radical (unpaired) electrons. The lowest BCUT2D eigenvalue weighted by atomic mass is 11.1. The number of nitro groups is 1. The van der Waals surface area contributed by atoms with Crippen LogP contribution in [-0.4, -0.2) is 40.9 Å². The second-order valence-corrected chi connectivity index (χ2v) is 1.85. The Kier molecular flexibility index (Phi) is 3.41. The second-order valence-electron chi connectivity index (χ2n) is 1.85. The van der Waals surface area contributed by atoms with E-state index in [4.69, 9.17) is 5.84 Å². The zero-order valence-electron chi connectivity index (χ0n) is 7.05. The predicted octanol–water partition coefficient (Wildman–Crippen LogP) is -2.80. The third-order valence-corrected chi connectivity index (χ3v) is 0.904. The number of tetrazole rings is 2. The van der Waals surface area contributed by atoms with Crippen LogP contribution in [0.2, 0.25) is 0 Å². The van der Waals surface area contributed by atoms with E-state index in [1.54, 1.807) is 0 Å². The minimum atomic E-state index is -0.867. The lowest BCUT2D eigenvalue weighted by molar-refractivity contribution is -0.473. The number of nitrogens with zero attached hydrogens (tertiary/aromatic N) is 8. The van der Waals surface area contributed by atoms with Gasteiger partial charge in [0, 0.05) is 0 Å². The third-order valence-electron chi connectivity index (χ3n) is 0.904. The van der Waals surface area contributed by atoms with Crippen molar-refractivity contribution in [2.24, 2.45) is 0 Å². The highest BCUT2D eigenvalue weighted by Crippen LogP contribution is 2.00. The first-order chi connectivity index (χ1) is 7.18. The highest BCUT2D eigenvalue weighted by atomic mass is 16.7. The summed E-state index contributed by atoms with van der Waals surface area (Å²) >= 11 is 0. The molecule has 0 atom stereocenters. The molecule has 2 aromatic heterocycles. The summed E-state index contributed by atoms with van der Waals surface area (Å²) in [6.07, 6.45) is 1.26. The predicted molar refractivity (Wildman–Crippen MR) is 40.9 cm³/mol. The van der Waals surface area contributed by atoms with Crippen LogP contribution in [0.3, 0.4) is 0 Å². The molecule has 0 saturated carbocycles. The summed E-state index contributed by atoms with van der Waals surface area (Å²) in [5, 5.41) is 29.4. The molecule has 13 heteroatoms. The van der Waals surface area contributed by atoms with Crippen LogP contribution in [0.4, 0.5) is 5.95 Å². The molecule has 4 N–H and O–H groups in total. The van der Waals surface area contributed by atoms with E-state index in [2.05, 4.69) is 41.5 Å². The molecule has 13 nitrogen and oxygen atoms in total. The Morgan fingerprint density at radius 1 is 1.73 bits per heavy atom. The molecule has 0 bridgehead atoms. The largest absolute Gasteiger partial charge is 0.334 e. The smallest absolute Gasteiger partial charge is 0.304 e. The molecule has 0 amide bonds. The van der Waals surface area contributed by atoms with E-state index in [9.17, 15) is 10.1 Å². The molecular weight excluding hydrogens is 210 g/mol. The third kappa shape index (κ3) is 4.06. The van der Waals surface area contributed by atoms with Gasteiger partial charge in [-0.1, -0.05) is 10.0 Å². The first-order valence-electron chi connectivity index (χ1n) is 3.31. The Bertz CT molecular complexity index is 377. The summed E-state index contributed by atoms with van der Waals surface area (Å²) in [4.78, 5) is 10.5. The van der Waals surface area contributed by atoms with Gasteiger partial charge in [-0.2, -0.15) is 5.21 Å². The van der Waals surface area contributed by atoms with Gasteiger partial charge in [0.25, 0.3) is 0 Å². The molecule has 2 rings (SSSR count). The Morgan fingerprint density at radius 3 is 2.87 bits per heavy atom. The molecule has 0 saturated heterocycles. The minimum Gasteiger partial charge on any atom is -0.304 e. The van der Waals surface area contributed by atoms with Crippen molar-refractivity contribution in [1.29, 1.82) is 0 Å². The highest BCUT2D eigenvalue weighted by Gasteiger charge is 2.04. The van der Waals surface area contributed by atoms with Gasteiger partial charge in [0.1, 0.15) is 5.43 Å². The number of nitrogens with two attached hydrogens (primary N) is 1. The van der Waals surface area contributed by atoms with Gasteiger partial charge in [-0.3, -0.25) is 0 Å². The average Bonchev–Trinajstić information content (AvgIpc) is 2.78. The fourth-order valence-corrected chi connectivity index (χ4v) is 0.470. The molecule has 2 heterocycles. The fourth-order valence-electron chi connectivity index (χ4n) is 0.470. The van der Waals surface area contributed by atoms with Crippen molar-refractivity contribution in [2.45, 2.75) is 0 Å². The van der Waals surface area contributed by atoms with Crippen molar-refractivity contribution in [3.8, 4) is 0 Å². The van der Waals surface area contributed by atoms with Gasteiger partial charge in [-0.05, 0) is 10.4 Å². The van der Waals surface area contributed by atoms with Gasteiger partial charge in [0.2, 0.25) is 0 Å². The normalized spacial score (nSPS) is 8.80. The standard InChI is InChI=1S/CHN6O2.CH3N5/c8-7(9)4-1-2-5-6-3-1;2-6-4-1-3-5-6/h(H-,2,3,4,5,6);1H,2H2/q-1;/p+1. The number of H-pyrrole nitrogens is 2. The monoisotopic (exact) mass is 215 g/mol. The van der Waals surface area contributed by atoms with Crippen molar-refractivity contribution >= 4 is 5.95 Å². The van der Waals surface area contributed by atoms with Crippen molar-refractivity contribution < 1.29 is 10.1 Å². The number of aromatic nitrogens is 8. The van der Waals surface area contributed by atoms with Crippen LogP contribution < -0.4 is 10.9 Å². The van der Waals surface area contributed by atoms with Gasteiger partial charge >= 0.3 is 5.95 Å². The van der Waals surface area contributed by atoms with E-state index in [1.165, 1.54) is 6.33 Å². The quantitative estimate of drug-likeness (QED) is 0.305. The van der Waals surface area contributed by atoms with Crippen molar-refractivity contribution in [1.82, 2.24) is 35.8 Å². The molecule has 80 valence electrons. The van der Waals surface area contributed by atoms with E-state index in [-0.39, 0.29) is 5.95 Å². The Hall–Kier alpha value is -2.86. The summed E-state index contributed by atoms with van der Waals surface area (Å²) in [5.74, 6) is 4.76. The summed E-state index contributed by atoms with van der Waals surface area (Å²) in [6, 6.07) is 0. The summed E-state index contributed by atoms with van der Waals surface area (Å²) in [7, 11) is 0. The molecule has 0 unspecified atom stereocenters. The number of rotatable bonds is 2. The lowest BCUT2D eigenvalue weighted by Gasteiger charge is -1.78. The molecule has 2 aromatic rings. The maximum absolute atomic E-state index is 9.60. The van der Waals surface area contributed by atoms with Crippen LogP contribution in [0.5, 0.6) is 0 Å². The second kappa shape index (κ2) is 5.00. The number of hydrogen-bond acceptors (Lipinski definition) is 8. The maximum atomic E-state index is 9.60. The lowest BCUT2D eigenvalue weighted by Crippen LogP contribution is -2.11. The fraction of sp³-hybridized carbons (Fsp3) is 0. The van der Waals surface area contributed by atoms with Crippen molar-refractivity contribution in [2.75, 3.05) is 5.84 Å². The van der Waals surface area contributed by atoms with E-state index < -0.39 is 5.03 Å². The summed E-state index contributed by atoms with van der Waals surface area (Å²) in [5.41, 5.74) is 2.78. The van der Waals surface area contributed by atoms with E-state index in [0.29, 0.717) is 0 Å². The van der Waals surface area contributed by atoms with Gasteiger partial charge in [-0.15, -0.1) is 10.2 Å². The van der Waals surface area contributed by atoms with Gasteiger partial charge in [0.15, 0.2) is 11.4 Å². The van der Waals surface area contributed by atoms with E-state index in [0.717, 1.165) is 4.91 Å². The van der Waals surface area contributed by atoms with Crippen LogP contribution in [0.15, 0.2) is 6.33 Å². The van der Waals surface area contributed by atoms with Crippen LogP contribution in [-0.2, 0) is 0 Å². The van der Waals surface area contributed by atoms with Crippen LogP contribution >= 0.6 is 0 Å². The Morgan fingerprint density at radius 2 is 2.53 bits per heavy atom. The van der Waals surface area contributed by atoms with Crippen LogP contribution in [0.25, 0.3) is 5.43 Å². The Labute approximate surface area is 80.7 Å². The van der Waals surface area contributed by atoms with Crippen LogP contribution in [0.1, 0.15) is 0 Å². The van der Waals surface area contributed by atoms with E-state index >= 15 is 0 Å². The van der Waals surface area contributed by atoms with E-state index in [1.807, 2.05) is 0 Å². The average molecular weight is 215 g/mol. The number of nitrogen functional groups attached to an aromatic ring is 1. The molecule has 0 fully saturated rings. The van der Waals surface area contributed by atoms with Gasteiger partial charge < -0.3 is 5.84 Å². The van der Waals surface area contributed by atoms with Crippen molar-refractivity contribution in [3.63, 3.8) is 0 Å². The molecule has 15 heavy (non-hydrogen) atoms. The minimum absolute atomic E-state index is 0.153. The molecular formula is C2H5N11O2.